The van der Waals surface area contributed by atoms with E-state index in [0.717, 1.165) is 19.6 Å². The lowest BCUT2D eigenvalue weighted by atomic mass is 10.1. The quantitative estimate of drug-likeness (QED) is 0.779. The molecule has 1 aromatic carbocycles. The molecule has 0 bridgehead atoms. The zero-order valence-electron chi connectivity index (χ0n) is 11.6. The number of nitrogens with zero attached hydrogens (tertiary/aromatic N) is 2. The summed E-state index contributed by atoms with van der Waals surface area (Å²) in [5, 5.41) is 0. The molecule has 0 aromatic heterocycles. The highest BCUT2D eigenvalue weighted by atomic mass is 15.2. The summed E-state index contributed by atoms with van der Waals surface area (Å²) in [4.78, 5) is 4.78. The van der Waals surface area contributed by atoms with Gasteiger partial charge in [0.25, 0.3) is 0 Å². The molecule has 0 spiro atoms. The molecular weight excluding hydrogens is 222 g/mol. The molecule has 0 aliphatic carbocycles. The highest BCUT2D eigenvalue weighted by molar-refractivity contribution is 5.34. The molecule has 1 aliphatic rings. The van der Waals surface area contributed by atoms with Gasteiger partial charge in [-0.15, -0.1) is 0 Å². The Labute approximate surface area is 111 Å². The van der Waals surface area contributed by atoms with Gasteiger partial charge in [-0.3, -0.25) is 4.90 Å². The van der Waals surface area contributed by atoms with Crippen molar-refractivity contribution < 1.29 is 0 Å². The van der Waals surface area contributed by atoms with Gasteiger partial charge in [0, 0.05) is 19.1 Å². The minimum absolute atomic E-state index is 0.431. The van der Waals surface area contributed by atoms with E-state index in [2.05, 4.69) is 48.2 Å². The maximum absolute atomic E-state index is 5.94. The summed E-state index contributed by atoms with van der Waals surface area (Å²) in [6.45, 7) is 4.13. The van der Waals surface area contributed by atoms with Crippen molar-refractivity contribution >= 4 is 0 Å². The van der Waals surface area contributed by atoms with Gasteiger partial charge >= 0.3 is 0 Å². The van der Waals surface area contributed by atoms with Crippen molar-refractivity contribution in [2.45, 2.75) is 25.4 Å². The predicted octanol–water partition coefficient (Wildman–Crippen LogP) is 1.84. The van der Waals surface area contributed by atoms with Crippen molar-refractivity contribution in [1.82, 2.24) is 9.80 Å². The van der Waals surface area contributed by atoms with E-state index in [1.165, 1.54) is 30.5 Å². The number of hydrogen-bond acceptors (Lipinski definition) is 3. The van der Waals surface area contributed by atoms with E-state index in [0.29, 0.717) is 6.04 Å². The topological polar surface area (TPSA) is 32.5 Å². The summed E-state index contributed by atoms with van der Waals surface area (Å²) in [6, 6.07) is 9.14. The fraction of sp³-hybridized carbons (Fsp3) is 0.600. The van der Waals surface area contributed by atoms with Gasteiger partial charge in [0.05, 0.1) is 0 Å². The van der Waals surface area contributed by atoms with E-state index in [4.69, 9.17) is 5.73 Å². The number of hydrogen-bond donors (Lipinski definition) is 1. The molecule has 18 heavy (non-hydrogen) atoms. The third kappa shape index (κ3) is 3.10. The summed E-state index contributed by atoms with van der Waals surface area (Å²) in [5.41, 5.74) is 8.84. The van der Waals surface area contributed by atoms with Crippen LogP contribution in [0.5, 0.6) is 0 Å². The average molecular weight is 247 g/mol. The molecular formula is C15H25N3. The molecule has 1 aromatic rings. The minimum Gasteiger partial charge on any atom is -0.329 e. The van der Waals surface area contributed by atoms with Crippen molar-refractivity contribution in [2.24, 2.45) is 5.73 Å². The molecule has 1 aliphatic heterocycles. The molecule has 3 nitrogen and oxygen atoms in total. The van der Waals surface area contributed by atoms with Crippen LogP contribution in [0.15, 0.2) is 24.3 Å². The Hall–Kier alpha value is -0.900. The van der Waals surface area contributed by atoms with Crippen LogP contribution in [0.25, 0.3) is 0 Å². The van der Waals surface area contributed by atoms with Crippen molar-refractivity contribution in [3.8, 4) is 0 Å². The van der Waals surface area contributed by atoms with Gasteiger partial charge in [-0.2, -0.15) is 0 Å². The van der Waals surface area contributed by atoms with Crippen molar-refractivity contribution in [1.29, 1.82) is 0 Å². The molecule has 0 radical (unpaired) electrons. The largest absolute Gasteiger partial charge is 0.329 e. The Morgan fingerprint density at radius 2 is 2.06 bits per heavy atom. The van der Waals surface area contributed by atoms with Crippen LogP contribution < -0.4 is 5.73 Å². The molecule has 3 heteroatoms. The van der Waals surface area contributed by atoms with Gasteiger partial charge in [0.1, 0.15) is 0 Å². The van der Waals surface area contributed by atoms with E-state index in [-0.39, 0.29) is 0 Å². The lowest BCUT2D eigenvalue weighted by Gasteiger charge is -2.24. The second kappa shape index (κ2) is 6.32. The highest BCUT2D eigenvalue weighted by Crippen LogP contribution is 2.32. The molecule has 2 N–H and O–H groups in total. The summed E-state index contributed by atoms with van der Waals surface area (Å²) in [6.07, 6.45) is 2.51. The van der Waals surface area contributed by atoms with Gasteiger partial charge in [0.2, 0.25) is 0 Å². The van der Waals surface area contributed by atoms with E-state index >= 15 is 0 Å². The second-order valence-corrected chi connectivity index (χ2v) is 5.43. The summed E-state index contributed by atoms with van der Waals surface area (Å²) < 4.78 is 0. The Morgan fingerprint density at radius 1 is 1.28 bits per heavy atom. The Balaban J connectivity index is 1.88. The van der Waals surface area contributed by atoms with E-state index in [1.807, 2.05) is 0 Å². The van der Waals surface area contributed by atoms with Crippen LogP contribution in [-0.2, 0) is 6.54 Å². The zero-order chi connectivity index (χ0) is 13.0. The summed E-state index contributed by atoms with van der Waals surface area (Å²) >= 11 is 0. The average Bonchev–Trinajstić information content (AvgIpc) is 2.71. The normalized spacial score (nSPS) is 19.4. The smallest absolute Gasteiger partial charge is 0.0477 e. The number of fused-ring (bicyclic) bond motifs is 1. The fourth-order valence-electron chi connectivity index (χ4n) is 2.78. The molecule has 0 saturated carbocycles. The molecule has 1 unspecified atom stereocenters. The summed E-state index contributed by atoms with van der Waals surface area (Å²) in [7, 11) is 4.27. The van der Waals surface area contributed by atoms with Crippen molar-refractivity contribution in [3.63, 3.8) is 0 Å². The molecule has 0 saturated heterocycles. The highest BCUT2D eigenvalue weighted by Gasteiger charge is 2.27. The van der Waals surface area contributed by atoms with Crippen LogP contribution in [-0.4, -0.2) is 43.5 Å². The summed E-state index contributed by atoms with van der Waals surface area (Å²) in [5.74, 6) is 0. The molecule has 0 fully saturated rings. The monoisotopic (exact) mass is 247 g/mol. The maximum Gasteiger partial charge on any atom is 0.0477 e. The molecule has 2 rings (SSSR count). The minimum atomic E-state index is 0.431. The number of nitrogens with two attached hydrogens (primary N) is 1. The van der Waals surface area contributed by atoms with Gasteiger partial charge in [-0.1, -0.05) is 24.3 Å². The number of rotatable bonds is 6. The zero-order valence-corrected chi connectivity index (χ0v) is 11.6. The van der Waals surface area contributed by atoms with Crippen LogP contribution in [0.1, 0.15) is 30.0 Å². The lowest BCUT2D eigenvalue weighted by molar-refractivity contribution is 0.212. The lowest BCUT2D eigenvalue weighted by Crippen LogP contribution is -2.29. The first-order valence-corrected chi connectivity index (χ1v) is 6.89. The van der Waals surface area contributed by atoms with Crippen molar-refractivity contribution in [3.05, 3.63) is 35.4 Å². The van der Waals surface area contributed by atoms with Crippen LogP contribution in [0.4, 0.5) is 0 Å². The maximum atomic E-state index is 5.94. The molecule has 0 amide bonds. The van der Waals surface area contributed by atoms with Crippen LogP contribution in [0.2, 0.25) is 0 Å². The SMILES string of the molecule is CN(C)CCCCN1Cc2ccccc2C1CN. The first-order valence-electron chi connectivity index (χ1n) is 6.89. The standard InChI is InChI=1S/C15H25N3/c1-17(2)9-5-6-10-18-12-13-7-3-4-8-14(13)15(18)11-16/h3-4,7-8,15H,5-6,9-12,16H2,1-2H3. The first-order chi connectivity index (χ1) is 8.72. The van der Waals surface area contributed by atoms with Crippen molar-refractivity contribution in [2.75, 3.05) is 33.7 Å². The third-order valence-electron chi connectivity index (χ3n) is 3.75. The molecule has 1 atom stereocenters. The number of unbranched alkanes of at least 4 members (excludes halogenated alkanes) is 1. The fourth-order valence-corrected chi connectivity index (χ4v) is 2.78. The molecule has 1 heterocycles. The predicted molar refractivity (Wildman–Crippen MR) is 76.4 cm³/mol. The van der Waals surface area contributed by atoms with Gasteiger partial charge < -0.3 is 10.6 Å². The molecule has 100 valence electrons. The Kier molecular flexibility index (Phi) is 4.75. The third-order valence-corrected chi connectivity index (χ3v) is 3.75. The van der Waals surface area contributed by atoms with E-state index in [9.17, 15) is 0 Å². The Bertz CT molecular complexity index is 376. The van der Waals surface area contributed by atoms with Crippen LogP contribution in [0, 0.1) is 0 Å². The Morgan fingerprint density at radius 3 is 2.78 bits per heavy atom. The number of benzene rings is 1. The second-order valence-electron chi connectivity index (χ2n) is 5.43. The first kappa shape index (κ1) is 13.5. The van der Waals surface area contributed by atoms with Gasteiger partial charge in [0.15, 0.2) is 0 Å². The van der Waals surface area contributed by atoms with Gasteiger partial charge in [-0.05, 0) is 51.2 Å². The van der Waals surface area contributed by atoms with E-state index < -0.39 is 0 Å². The van der Waals surface area contributed by atoms with Crippen LogP contribution in [0.3, 0.4) is 0 Å². The van der Waals surface area contributed by atoms with E-state index in [1.54, 1.807) is 0 Å². The van der Waals surface area contributed by atoms with Crippen LogP contribution >= 0.6 is 0 Å². The van der Waals surface area contributed by atoms with Gasteiger partial charge in [-0.25, -0.2) is 0 Å².